The number of nitriles is 1. The lowest BCUT2D eigenvalue weighted by molar-refractivity contribution is 0.102. The zero-order valence-electron chi connectivity index (χ0n) is 7.67. The van der Waals surface area contributed by atoms with E-state index in [9.17, 15) is 4.79 Å². The van der Waals surface area contributed by atoms with Gasteiger partial charge in [-0.2, -0.15) is 5.26 Å². The van der Waals surface area contributed by atoms with Crippen LogP contribution in [0.1, 0.15) is 21.5 Å². The van der Waals surface area contributed by atoms with E-state index in [0.29, 0.717) is 11.3 Å². The Hall–Kier alpha value is -1.53. The number of nitrogens with zero attached hydrogens (tertiary/aromatic N) is 1. The number of alkyl halides is 1. The van der Waals surface area contributed by atoms with E-state index in [2.05, 4.69) is 0 Å². The summed E-state index contributed by atoms with van der Waals surface area (Å²) >= 11 is 5.44. The van der Waals surface area contributed by atoms with Crippen molar-refractivity contribution in [2.45, 2.75) is 6.92 Å². The summed E-state index contributed by atoms with van der Waals surface area (Å²) in [7, 11) is 0. The van der Waals surface area contributed by atoms with Gasteiger partial charge in [0, 0.05) is 5.56 Å². The topological polar surface area (TPSA) is 66.9 Å². The van der Waals surface area contributed by atoms with Crippen LogP contribution in [-0.4, -0.2) is 11.7 Å². The molecule has 0 aromatic heterocycles. The molecule has 0 aliphatic heterocycles. The van der Waals surface area contributed by atoms with E-state index in [-0.39, 0.29) is 17.2 Å². The Morgan fingerprint density at radius 3 is 2.79 bits per heavy atom. The summed E-state index contributed by atoms with van der Waals surface area (Å²) in [6.07, 6.45) is 0. The minimum absolute atomic E-state index is 0.140. The van der Waals surface area contributed by atoms with Gasteiger partial charge in [0.1, 0.15) is 6.07 Å². The van der Waals surface area contributed by atoms with E-state index < -0.39 is 0 Å². The van der Waals surface area contributed by atoms with Crippen LogP contribution in [-0.2, 0) is 0 Å². The van der Waals surface area contributed by atoms with Crippen molar-refractivity contribution in [1.29, 1.82) is 5.26 Å². The molecule has 0 bridgehead atoms. The van der Waals surface area contributed by atoms with E-state index in [1.807, 2.05) is 6.07 Å². The molecule has 0 unspecified atom stereocenters. The zero-order chi connectivity index (χ0) is 10.7. The molecular formula is C10H9ClN2O. The number of aryl methyl sites for hydroxylation is 1. The summed E-state index contributed by atoms with van der Waals surface area (Å²) in [4.78, 5) is 11.4. The Morgan fingerprint density at radius 1 is 1.64 bits per heavy atom. The van der Waals surface area contributed by atoms with Gasteiger partial charge in [-0.15, -0.1) is 11.6 Å². The summed E-state index contributed by atoms with van der Waals surface area (Å²) in [6.45, 7) is 1.75. The quantitative estimate of drug-likeness (QED) is 0.458. The molecular weight excluding hydrogens is 200 g/mol. The SMILES string of the molecule is Cc1ccc(N)c(C#N)c1C(=O)CCl. The van der Waals surface area contributed by atoms with Crippen molar-refractivity contribution in [3.8, 4) is 6.07 Å². The average Bonchev–Trinajstić information content (AvgIpc) is 2.19. The van der Waals surface area contributed by atoms with Crippen LogP contribution in [0.2, 0.25) is 0 Å². The summed E-state index contributed by atoms with van der Waals surface area (Å²) in [5.74, 6) is -0.410. The largest absolute Gasteiger partial charge is 0.398 e. The fraction of sp³-hybridized carbons (Fsp3) is 0.200. The Balaban J connectivity index is 3.47. The van der Waals surface area contributed by atoms with Crippen molar-refractivity contribution in [2.24, 2.45) is 0 Å². The molecule has 0 saturated carbocycles. The standard InChI is InChI=1S/C10H9ClN2O/c1-6-2-3-8(13)7(5-12)10(6)9(14)4-11/h2-3H,4,13H2,1H3. The number of carbonyl (C=O) groups is 1. The number of hydrogen-bond donors (Lipinski definition) is 1. The van der Waals surface area contributed by atoms with E-state index >= 15 is 0 Å². The molecule has 0 heterocycles. The zero-order valence-corrected chi connectivity index (χ0v) is 8.43. The third-order valence-corrected chi connectivity index (χ3v) is 2.20. The van der Waals surface area contributed by atoms with Gasteiger partial charge in [-0.25, -0.2) is 0 Å². The second kappa shape index (κ2) is 4.12. The molecule has 0 amide bonds. The second-order valence-electron chi connectivity index (χ2n) is 2.89. The fourth-order valence-corrected chi connectivity index (χ4v) is 1.40. The average molecular weight is 209 g/mol. The highest BCUT2D eigenvalue weighted by Gasteiger charge is 2.15. The molecule has 0 fully saturated rings. The Bertz CT molecular complexity index is 421. The fourth-order valence-electron chi connectivity index (χ4n) is 1.27. The molecule has 0 radical (unpaired) electrons. The number of carbonyl (C=O) groups excluding carboxylic acids is 1. The Labute approximate surface area is 87.1 Å². The number of nitrogen functional groups attached to an aromatic ring is 1. The molecule has 1 aromatic carbocycles. The maximum absolute atomic E-state index is 11.4. The molecule has 2 N–H and O–H groups in total. The molecule has 1 rings (SSSR count). The minimum atomic E-state index is -0.270. The monoisotopic (exact) mass is 208 g/mol. The Kier molecular flexibility index (Phi) is 3.10. The summed E-state index contributed by atoms with van der Waals surface area (Å²) in [6, 6.07) is 5.23. The molecule has 72 valence electrons. The number of rotatable bonds is 2. The number of ketones is 1. The van der Waals surface area contributed by atoms with Gasteiger partial charge >= 0.3 is 0 Å². The number of Topliss-reactive ketones (excluding diaryl/α,β-unsaturated/α-hetero) is 1. The molecule has 0 atom stereocenters. The predicted molar refractivity (Wildman–Crippen MR) is 55.4 cm³/mol. The number of anilines is 1. The van der Waals surface area contributed by atoms with Crippen LogP contribution < -0.4 is 5.73 Å². The highest BCUT2D eigenvalue weighted by Crippen LogP contribution is 2.20. The van der Waals surface area contributed by atoms with Gasteiger partial charge in [-0.05, 0) is 18.6 Å². The van der Waals surface area contributed by atoms with Crippen LogP contribution in [0.3, 0.4) is 0 Å². The molecule has 0 spiro atoms. The third kappa shape index (κ3) is 1.70. The van der Waals surface area contributed by atoms with Gasteiger partial charge in [-0.1, -0.05) is 6.07 Å². The van der Waals surface area contributed by atoms with Crippen molar-refractivity contribution in [1.82, 2.24) is 0 Å². The molecule has 3 nitrogen and oxygen atoms in total. The Morgan fingerprint density at radius 2 is 2.29 bits per heavy atom. The summed E-state index contributed by atoms with van der Waals surface area (Å²) in [5.41, 5.74) is 7.16. The first kappa shape index (κ1) is 10.6. The van der Waals surface area contributed by atoms with Crippen molar-refractivity contribution < 1.29 is 4.79 Å². The highest BCUT2D eigenvalue weighted by molar-refractivity contribution is 6.31. The first-order valence-corrected chi connectivity index (χ1v) is 4.53. The summed E-state index contributed by atoms with van der Waals surface area (Å²) < 4.78 is 0. The van der Waals surface area contributed by atoms with E-state index in [0.717, 1.165) is 5.56 Å². The van der Waals surface area contributed by atoms with Gasteiger partial charge in [-0.3, -0.25) is 4.79 Å². The lowest BCUT2D eigenvalue weighted by Crippen LogP contribution is -2.08. The van der Waals surface area contributed by atoms with Crippen LogP contribution in [0, 0.1) is 18.3 Å². The van der Waals surface area contributed by atoms with Crippen molar-refractivity contribution in [3.05, 3.63) is 28.8 Å². The maximum Gasteiger partial charge on any atom is 0.179 e. The van der Waals surface area contributed by atoms with E-state index in [1.165, 1.54) is 0 Å². The van der Waals surface area contributed by atoms with Gasteiger partial charge < -0.3 is 5.73 Å². The van der Waals surface area contributed by atoms with Crippen molar-refractivity contribution in [3.63, 3.8) is 0 Å². The van der Waals surface area contributed by atoms with Crippen LogP contribution >= 0.6 is 11.6 Å². The minimum Gasteiger partial charge on any atom is -0.398 e. The number of halogens is 1. The van der Waals surface area contributed by atoms with Gasteiger partial charge in [0.25, 0.3) is 0 Å². The molecule has 4 heteroatoms. The first-order valence-electron chi connectivity index (χ1n) is 4.00. The number of nitrogens with two attached hydrogens (primary N) is 1. The highest BCUT2D eigenvalue weighted by atomic mass is 35.5. The van der Waals surface area contributed by atoms with Crippen molar-refractivity contribution in [2.75, 3.05) is 11.6 Å². The van der Waals surface area contributed by atoms with Crippen molar-refractivity contribution >= 4 is 23.1 Å². The van der Waals surface area contributed by atoms with E-state index in [1.54, 1.807) is 19.1 Å². The van der Waals surface area contributed by atoms with E-state index in [4.69, 9.17) is 22.6 Å². The third-order valence-electron chi connectivity index (χ3n) is 1.96. The normalized spacial score (nSPS) is 9.50. The molecule has 14 heavy (non-hydrogen) atoms. The molecule has 0 aliphatic rings. The molecule has 0 saturated heterocycles. The van der Waals surface area contributed by atoms with Crippen LogP contribution in [0.4, 0.5) is 5.69 Å². The van der Waals surface area contributed by atoms with Gasteiger partial charge in [0.2, 0.25) is 0 Å². The summed E-state index contributed by atoms with van der Waals surface area (Å²) in [5, 5.41) is 8.84. The van der Waals surface area contributed by atoms with Gasteiger partial charge in [0.15, 0.2) is 5.78 Å². The number of benzene rings is 1. The van der Waals surface area contributed by atoms with Gasteiger partial charge in [0.05, 0.1) is 17.1 Å². The second-order valence-corrected chi connectivity index (χ2v) is 3.16. The molecule has 1 aromatic rings. The molecule has 0 aliphatic carbocycles. The lowest BCUT2D eigenvalue weighted by Gasteiger charge is -2.07. The predicted octanol–water partition coefficient (Wildman–Crippen LogP) is 1.87. The van der Waals surface area contributed by atoms with Crippen LogP contribution in [0.5, 0.6) is 0 Å². The van der Waals surface area contributed by atoms with Crippen LogP contribution in [0.25, 0.3) is 0 Å². The van der Waals surface area contributed by atoms with Crippen LogP contribution in [0.15, 0.2) is 12.1 Å². The smallest absolute Gasteiger partial charge is 0.179 e. The first-order chi connectivity index (χ1) is 6.61. The number of hydrogen-bond acceptors (Lipinski definition) is 3. The lowest BCUT2D eigenvalue weighted by atomic mass is 9.98. The maximum atomic E-state index is 11.4.